The van der Waals surface area contributed by atoms with Crippen molar-refractivity contribution < 1.29 is 28.6 Å². The molecule has 2 aromatic carbocycles. The number of nitrogens with zero attached hydrogens (tertiary/aromatic N) is 1. The standard InChI is InChI=1S/C24H24ClNO6S/c1-15(2)13-32-22(27)12-26-23(28)21(33-24(26)29)11-17-6-9-19(20(10-17)30-3)31-14-16-4-7-18(25)8-5-16/h4-11,15H,12-14H2,1-3H3/b21-11+. The molecular weight excluding hydrogens is 466 g/mol. The summed E-state index contributed by atoms with van der Waals surface area (Å²) in [6.07, 6.45) is 1.58. The lowest BCUT2D eigenvalue weighted by Gasteiger charge is -2.13. The lowest BCUT2D eigenvalue weighted by molar-refractivity contribution is -0.147. The first kappa shape index (κ1) is 24.7. The Hall–Kier alpha value is -2.97. The summed E-state index contributed by atoms with van der Waals surface area (Å²) in [5, 5.41) is 0.139. The average Bonchev–Trinajstić information content (AvgIpc) is 3.05. The number of imide groups is 1. The molecular formula is C24H24ClNO6S. The monoisotopic (exact) mass is 489 g/mol. The molecule has 0 bridgehead atoms. The maximum absolute atomic E-state index is 12.6. The Kier molecular flexibility index (Phi) is 8.41. The summed E-state index contributed by atoms with van der Waals surface area (Å²) in [4.78, 5) is 37.9. The van der Waals surface area contributed by atoms with Gasteiger partial charge < -0.3 is 14.2 Å². The maximum Gasteiger partial charge on any atom is 0.326 e. The number of thioether (sulfide) groups is 1. The minimum Gasteiger partial charge on any atom is -0.493 e. The van der Waals surface area contributed by atoms with E-state index < -0.39 is 23.7 Å². The van der Waals surface area contributed by atoms with Crippen molar-refractivity contribution in [3.05, 3.63) is 63.5 Å². The number of esters is 1. The number of hydrogen-bond donors (Lipinski definition) is 0. The number of carbonyl (C=O) groups excluding carboxylic acids is 3. The molecule has 1 heterocycles. The van der Waals surface area contributed by atoms with E-state index >= 15 is 0 Å². The van der Waals surface area contributed by atoms with Crippen molar-refractivity contribution in [2.24, 2.45) is 5.92 Å². The minimum absolute atomic E-state index is 0.164. The molecule has 33 heavy (non-hydrogen) atoms. The molecule has 0 unspecified atom stereocenters. The van der Waals surface area contributed by atoms with Crippen LogP contribution >= 0.6 is 23.4 Å². The van der Waals surface area contributed by atoms with Gasteiger partial charge >= 0.3 is 5.97 Å². The van der Waals surface area contributed by atoms with Crippen LogP contribution in [0.1, 0.15) is 25.0 Å². The number of amides is 2. The van der Waals surface area contributed by atoms with E-state index in [1.807, 2.05) is 26.0 Å². The number of methoxy groups -OCH3 is 1. The Bertz CT molecular complexity index is 1070. The zero-order valence-corrected chi connectivity index (χ0v) is 20.1. The first-order valence-electron chi connectivity index (χ1n) is 10.2. The van der Waals surface area contributed by atoms with Gasteiger partial charge in [-0.2, -0.15) is 0 Å². The van der Waals surface area contributed by atoms with Crippen molar-refractivity contribution in [1.29, 1.82) is 0 Å². The number of benzene rings is 2. The molecule has 1 aliphatic rings. The fraction of sp³-hybridized carbons (Fsp3) is 0.292. The Balaban J connectivity index is 1.68. The molecule has 0 saturated carbocycles. The zero-order chi connectivity index (χ0) is 24.0. The molecule has 174 valence electrons. The number of rotatable bonds is 9. The molecule has 1 saturated heterocycles. The van der Waals surface area contributed by atoms with Crippen molar-refractivity contribution in [2.45, 2.75) is 20.5 Å². The molecule has 2 amide bonds. The molecule has 0 N–H and O–H groups in total. The van der Waals surface area contributed by atoms with Gasteiger partial charge in [-0.05, 0) is 59.1 Å². The van der Waals surface area contributed by atoms with Crippen LogP contribution in [0.3, 0.4) is 0 Å². The minimum atomic E-state index is -0.615. The predicted molar refractivity (Wildman–Crippen MR) is 127 cm³/mol. The van der Waals surface area contributed by atoms with Crippen LogP contribution in [0, 0.1) is 5.92 Å². The SMILES string of the molecule is COc1cc(/C=C2/SC(=O)N(CC(=O)OCC(C)C)C2=O)ccc1OCc1ccc(Cl)cc1. The van der Waals surface area contributed by atoms with Gasteiger partial charge in [-0.3, -0.25) is 19.3 Å². The summed E-state index contributed by atoms with van der Waals surface area (Å²) in [7, 11) is 1.52. The lowest BCUT2D eigenvalue weighted by atomic mass is 10.1. The van der Waals surface area contributed by atoms with Gasteiger partial charge in [0.1, 0.15) is 13.2 Å². The van der Waals surface area contributed by atoms with Gasteiger partial charge in [0.15, 0.2) is 11.5 Å². The number of halogens is 1. The highest BCUT2D eigenvalue weighted by atomic mass is 35.5. The van der Waals surface area contributed by atoms with Crippen LogP contribution in [-0.2, 0) is 20.9 Å². The molecule has 9 heteroatoms. The van der Waals surface area contributed by atoms with E-state index in [0.29, 0.717) is 28.7 Å². The smallest absolute Gasteiger partial charge is 0.326 e. The van der Waals surface area contributed by atoms with Crippen molar-refractivity contribution in [1.82, 2.24) is 4.90 Å². The second-order valence-electron chi connectivity index (χ2n) is 7.67. The van der Waals surface area contributed by atoms with Gasteiger partial charge in [0.25, 0.3) is 11.1 Å². The third-order valence-corrected chi connectivity index (χ3v) is 5.69. The first-order chi connectivity index (χ1) is 15.8. The fourth-order valence-corrected chi connectivity index (χ4v) is 3.82. The summed E-state index contributed by atoms with van der Waals surface area (Å²) in [6, 6.07) is 12.5. The van der Waals surface area contributed by atoms with Crippen LogP contribution in [-0.4, -0.2) is 42.3 Å². The van der Waals surface area contributed by atoms with Crippen molar-refractivity contribution in [3.63, 3.8) is 0 Å². The summed E-state index contributed by atoms with van der Waals surface area (Å²) < 4.78 is 16.3. The predicted octanol–water partition coefficient (Wildman–Crippen LogP) is 5.16. The molecule has 3 rings (SSSR count). The third-order valence-electron chi connectivity index (χ3n) is 4.53. The summed E-state index contributed by atoms with van der Waals surface area (Å²) in [6.45, 7) is 3.96. The van der Waals surface area contributed by atoms with Crippen LogP contribution in [0.2, 0.25) is 5.02 Å². The maximum atomic E-state index is 12.6. The van der Waals surface area contributed by atoms with Crippen LogP contribution < -0.4 is 9.47 Å². The second kappa shape index (κ2) is 11.2. The molecule has 0 aliphatic carbocycles. The van der Waals surface area contributed by atoms with Crippen molar-refractivity contribution in [3.8, 4) is 11.5 Å². The van der Waals surface area contributed by atoms with E-state index in [4.69, 9.17) is 25.8 Å². The zero-order valence-electron chi connectivity index (χ0n) is 18.5. The van der Waals surface area contributed by atoms with Gasteiger partial charge in [-0.25, -0.2) is 0 Å². The topological polar surface area (TPSA) is 82.1 Å². The molecule has 2 aromatic rings. The van der Waals surface area contributed by atoms with Gasteiger partial charge in [0, 0.05) is 5.02 Å². The quantitative estimate of drug-likeness (QED) is 0.355. The molecule has 0 aromatic heterocycles. The van der Waals surface area contributed by atoms with Gasteiger partial charge in [0.05, 0.1) is 18.6 Å². The second-order valence-corrected chi connectivity index (χ2v) is 9.10. The highest BCUT2D eigenvalue weighted by Gasteiger charge is 2.36. The number of ether oxygens (including phenoxy) is 3. The molecule has 0 radical (unpaired) electrons. The van der Waals surface area contributed by atoms with E-state index in [0.717, 1.165) is 22.2 Å². The van der Waals surface area contributed by atoms with E-state index in [1.165, 1.54) is 7.11 Å². The molecule has 1 aliphatic heterocycles. The van der Waals surface area contributed by atoms with Crippen molar-refractivity contribution >= 4 is 46.6 Å². The van der Waals surface area contributed by atoms with Crippen LogP contribution in [0.4, 0.5) is 4.79 Å². The first-order valence-corrected chi connectivity index (χ1v) is 11.4. The third kappa shape index (κ3) is 6.76. The van der Waals surface area contributed by atoms with E-state index in [2.05, 4.69) is 0 Å². The summed E-state index contributed by atoms with van der Waals surface area (Å²) >= 11 is 6.68. The highest BCUT2D eigenvalue weighted by molar-refractivity contribution is 8.18. The highest BCUT2D eigenvalue weighted by Crippen LogP contribution is 2.34. The molecule has 0 atom stereocenters. The Labute approximate surface area is 201 Å². The molecule has 7 nitrogen and oxygen atoms in total. The Morgan fingerprint density at radius 1 is 1.12 bits per heavy atom. The Morgan fingerprint density at radius 2 is 1.85 bits per heavy atom. The van der Waals surface area contributed by atoms with Crippen molar-refractivity contribution in [2.75, 3.05) is 20.3 Å². The van der Waals surface area contributed by atoms with E-state index in [-0.39, 0.29) is 17.4 Å². The summed E-state index contributed by atoms with van der Waals surface area (Å²) in [5.41, 5.74) is 1.60. The van der Waals surface area contributed by atoms with Gasteiger partial charge in [0.2, 0.25) is 0 Å². The number of hydrogen-bond acceptors (Lipinski definition) is 7. The average molecular weight is 490 g/mol. The largest absolute Gasteiger partial charge is 0.493 e. The number of carbonyl (C=O) groups is 3. The van der Waals surface area contributed by atoms with Gasteiger partial charge in [-0.15, -0.1) is 0 Å². The van der Waals surface area contributed by atoms with E-state index in [1.54, 1.807) is 36.4 Å². The van der Waals surface area contributed by atoms with Crippen LogP contribution in [0.15, 0.2) is 47.4 Å². The van der Waals surface area contributed by atoms with E-state index in [9.17, 15) is 14.4 Å². The fourth-order valence-electron chi connectivity index (χ4n) is 2.86. The molecule has 0 spiro atoms. The normalized spacial score (nSPS) is 14.8. The Morgan fingerprint density at radius 3 is 2.52 bits per heavy atom. The lowest BCUT2D eigenvalue weighted by Crippen LogP contribution is -2.34. The van der Waals surface area contributed by atoms with Gasteiger partial charge in [-0.1, -0.05) is 43.6 Å². The molecule has 1 fully saturated rings. The van der Waals surface area contributed by atoms with Crippen LogP contribution in [0.25, 0.3) is 6.08 Å². The van der Waals surface area contributed by atoms with Crippen LogP contribution in [0.5, 0.6) is 11.5 Å². The summed E-state index contributed by atoms with van der Waals surface area (Å²) in [5.74, 6) is 0.0290.